The van der Waals surface area contributed by atoms with Crippen molar-refractivity contribution in [2.45, 2.75) is 69.3 Å². The maximum atomic E-state index is 12.6. The Hall–Kier alpha value is -0.380. The molecule has 1 aliphatic rings. The van der Waals surface area contributed by atoms with Gasteiger partial charge in [-0.25, -0.2) is 0 Å². The van der Waals surface area contributed by atoms with Gasteiger partial charge in [-0.1, -0.05) is 39.5 Å². The van der Waals surface area contributed by atoms with Gasteiger partial charge in [-0.15, -0.1) is 0 Å². The fourth-order valence-electron chi connectivity index (χ4n) is 2.67. The summed E-state index contributed by atoms with van der Waals surface area (Å²) >= 11 is 0. The molecule has 0 N–H and O–H groups in total. The van der Waals surface area contributed by atoms with Crippen molar-refractivity contribution in [1.82, 2.24) is 0 Å². The summed E-state index contributed by atoms with van der Waals surface area (Å²) in [5, 5.41) is -0.222. The van der Waals surface area contributed by atoms with Crippen LogP contribution < -0.4 is 0 Å². The number of esters is 1. The van der Waals surface area contributed by atoms with E-state index in [0.29, 0.717) is 12.3 Å². The fourth-order valence-corrected chi connectivity index (χ4v) is 4.74. The minimum absolute atomic E-state index is 0.190. The third-order valence-electron chi connectivity index (χ3n) is 3.78. The third-order valence-corrected chi connectivity index (χ3v) is 5.86. The summed E-state index contributed by atoms with van der Waals surface area (Å²) < 4.78 is 17.4. The average molecular weight is 274 g/mol. The SMILES string of the molecule is CCCCC(C(=O)OC)S(=O)C1CCCC(C)C1. The quantitative estimate of drug-likeness (QED) is 0.699. The zero-order chi connectivity index (χ0) is 13.5. The van der Waals surface area contributed by atoms with Crippen LogP contribution in [-0.4, -0.2) is 27.8 Å². The van der Waals surface area contributed by atoms with Gasteiger partial charge in [-0.2, -0.15) is 0 Å². The van der Waals surface area contributed by atoms with Crippen molar-refractivity contribution in [3.05, 3.63) is 0 Å². The van der Waals surface area contributed by atoms with Crippen LogP contribution in [-0.2, 0) is 20.3 Å². The van der Waals surface area contributed by atoms with Gasteiger partial charge in [0, 0.05) is 16.0 Å². The Morgan fingerprint density at radius 1 is 1.44 bits per heavy atom. The number of unbranched alkanes of at least 4 members (excludes halogenated alkanes) is 1. The van der Waals surface area contributed by atoms with Gasteiger partial charge in [-0.05, 0) is 25.2 Å². The van der Waals surface area contributed by atoms with E-state index in [0.717, 1.165) is 32.1 Å². The van der Waals surface area contributed by atoms with Gasteiger partial charge in [-0.3, -0.25) is 9.00 Å². The first-order chi connectivity index (χ1) is 8.60. The predicted octanol–water partition coefficient (Wildman–Crippen LogP) is 3.05. The molecule has 0 aromatic carbocycles. The van der Waals surface area contributed by atoms with Crippen molar-refractivity contribution < 1.29 is 13.7 Å². The molecule has 0 aromatic rings. The van der Waals surface area contributed by atoms with Crippen LogP contribution in [0.3, 0.4) is 0 Å². The van der Waals surface area contributed by atoms with Gasteiger partial charge in [0.05, 0.1) is 7.11 Å². The van der Waals surface area contributed by atoms with Crippen LogP contribution in [0, 0.1) is 5.92 Å². The van der Waals surface area contributed by atoms with Crippen LogP contribution in [0.5, 0.6) is 0 Å². The summed E-state index contributed by atoms with van der Waals surface area (Å²) in [6.07, 6.45) is 7.01. The van der Waals surface area contributed by atoms with Crippen LogP contribution >= 0.6 is 0 Å². The Morgan fingerprint density at radius 3 is 2.72 bits per heavy atom. The Bertz CT molecular complexity index is 291. The number of hydrogen-bond acceptors (Lipinski definition) is 3. The highest BCUT2D eigenvalue weighted by Gasteiger charge is 2.33. The molecule has 4 atom stereocenters. The van der Waals surface area contributed by atoms with Crippen molar-refractivity contribution in [3.8, 4) is 0 Å². The molecule has 1 aliphatic carbocycles. The topological polar surface area (TPSA) is 43.4 Å². The number of ether oxygens (including phenoxy) is 1. The number of methoxy groups -OCH3 is 1. The van der Waals surface area contributed by atoms with Crippen LogP contribution in [0.15, 0.2) is 0 Å². The second-order valence-electron chi connectivity index (χ2n) is 5.38. The van der Waals surface area contributed by atoms with Gasteiger partial charge < -0.3 is 4.74 Å². The van der Waals surface area contributed by atoms with E-state index in [1.165, 1.54) is 13.5 Å². The van der Waals surface area contributed by atoms with Crippen molar-refractivity contribution in [3.63, 3.8) is 0 Å². The smallest absolute Gasteiger partial charge is 0.321 e. The standard InChI is InChI=1S/C14H26O3S/c1-4-5-9-13(14(15)17-3)18(16)12-8-6-7-11(2)10-12/h11-13H,4-10H2,1-3H3. The summed E-state index contributed by atoms with van der Waals surface area (Å²) in [5.74, 6) is 0.345. The number of hydrogen-bond donors (Lipinski definition) is 0. The van der Waals surface area contributed by atoms with E-state index in [9.17, 15) is 9.00 Å². The lowest BCUT2D eigenvalue weighted by Gasteiger charge is -2.28. The minimum atomic E-state index is -1.07. The first kappa shape index (κ1) is 15.7. The molecule has 0 aliphatic heterocycles. The van der Waals surface area contributed by atoms with E-state index in [2.05, 4.69) is 13.8 Å². The summed E-state index contributed by atoms with van der Waals surface area (Å²) in [5.41, 5.74) is 0. The molecule has 0 radical (unpaired) electrons. The second-order valence-corrected chi connectivity index (χ2v) is 7.27. The normalized spacial score (nSPS) is 27.5. The van der Waals surface area contributed by atoms with Gasteiger partial charge in [0.2, 0.25) is 0 Å². The first-order valence-electron chi connectivity index (χ1n) is 7.07. The largest absolute Gasteiger partial charge is 0.468 e. The van der Waals surface area contributed by atoms with Gasteiger partial charge in [0.25, 0.3) is 0 Å². The van der Waals surface area contributed by atoms with E-state index in [1.807, 2.05) is 0 Å². The maximum absolute atomic E-state index is 12.6. The Balaban J connectivity index is 2.65. The molecule has 1 fully saturated rings. The van der Waals surface area contributed by atoms with Crippen LogP contribution in [0.2, 0.25) is 0 Å². The molecule has 0 saturated heterocycles. The van der Waals surface area contributed by atoms with Crippen LogP contribution in [0.25, 0.3) is 0 Å². The Labute approximate surface area is 113 Å². The minimum Gasteiger partial charge on any atom is -0.468 e. The molecule has 4 heteroatoms. The number of rotatable bonds is 6. The maximum Gasteiger partial charge on any atom is 0.321 e. The van der Waals surface area contributed by atoms with Crippen molar-refractivity contribution in [1.29, 1.82) is 0 Å². The molecule has 106 valence electrons. The molecular formula is C14H26O3S. The third kappa shape index (κ3) is 4.38. The molecular weight excluding hydrogens is 248 g/mol. The lowest BCUT2D eigenvalue weighted by atomic mass is 9.91. The van der Waals surface area contributed by atoms with Gasteiger partial charge in [0.15, 0.2) is 0 Å². The summed E-state index contributed by atoms with van der Waals surface area (Å²) in [7, 11) is 0.320. The molecule has 0 aromatic heterocycles. The Kier molecular flexibility index (Phi) is 6.90. The molecule has 1 rings (SSSR count). The van der Waals surface area contributed by atoms with Crippen LogP contribution in [0.4, 0.5) is 0 Å². The first-order valence-corrected chi connectivity index (χ1v) is 8.35. The van der Waals surface area contributed by atoms with E-state index >= 15 is 0 Å². The zero-order valence-electron chi connectivity index (χ0n) is 11.8. The molecule has 18 heavy (non-hydrogen) atoms. The lowest BCUT2D eigenvalue weighted by molar-refractivity contribution is -0.140. The monoisotopic (exact) mass is 274 g/mol. The van der Waals surface area contributed by atoms with E-state index in [1.54, 1.807) is 0 Å². The molecule has 1 saturated carbocycles. The summed E-state index contributed by atoms with van der Waals surface area (Å²) in [6, 6.07) is 0. The highest BCUT2D eigenvalue weighted by molar-refractivity contribution is 7.87. The highest BCUT2D eigenvalue weighted by Crippen LogP contribution is 2.29. The average Bonchev–Trinajstić information content (AvgIpc) is 2.38. The van der Waals surface area contributed by atoms with E-state index in [4.69, 9.17) is 4.74 Å². The van der Waals surface area contributed by atoms with Crippen molar-refractivity contribution >= 4 is 16.8 Å². The molecule has 0 amide bonds. The van der Waals surface area contributed by atoms with Gasteiger partial charge >= 0.3 is 5.97 Å². The van der Waals surface area contributed by atoms with E-state index < -0.39 is 16.0 Å². The van der Waals surface area contributed by atoms with Crippen LogP contribution in [0.1, 0.15) is 58.8 Å². The number of carbonyl (C=O) groups excluding carboxylic acids is 1. The van der Waals surface area contributed by atoms with Crippen molar-refractivity contribution in [2.24, 2.45) is 5.92 Å². The predicted molar refractivity (Wildman–Crippen MR) is 74.9 cm³/mol. The summed E-state index contributed by atoms with van der Waals surface area (Å²) in [4.78, 5) is 11.8. The zero-order valence-corrected chi connectivity index (χ0v) is 12.6. The van der Waals surface area contributed by atoms with Crippen molar-refractivity contribution in [2.75, 3.05) is 7.11 Å². The van der Waals surface area contributed by atoms with Gasteiger partial charge in [0.1, 0.15) is 5.25 Å². The summed E-state index contributed by atoms with van der Waals surface area (Å²) in [6.45, 7) is 4.29. The second kappa shape index (κ2) is 7.93. The number of carbonyl (C=O) groups is 1. The molecule has 0 heterocycles. The van der Waals surface area contributed by atoms with E-state index in [-0.39, 0.29) is 11.2 Å². The fraction of sp³-hybridized carbons (Fsp3) is 0.929. The molecule has 3 nitrogen and oxygen atoms in total. The lowest BCUT2D eigenvalue weighted by Crippen LogP contribution is -2.35. The highest BCUT2D eigenvalue weighted by atomic mass is 32.2. The Morgan fingerprint density at radius 2 is 2.17 bits per heavy atom. The molecule has 4 unspecified atom stereocenters. The molecule has 0 bridgehead atoms. The molecule has 0 spiro atoms.